The van der Waals surface area contributed by atoms with Crippen molar-refractivity contribution in [2.24, 2.45) is 5.92 Å². The molecule has 0 aliphatic carbocycles. The largest absolute Gasteiger partial charge is 0.436 e. The van der Waals surface area contributed by atoms with Crippen LogP contribution in [0.3, 0.4) is 0 Å². The molecule has 5 heteroatoms. The van der Waals surface area contributed by atoms with Crippen molar-refractivity contribution in [3.8, 4) is 11.6 Å². The molecule has 0 fully saturated rings. The second-order valence-electron chi connectivity index (χ2n) is 5.11. The van der Waals surface area contributed by atoms with E-state index in [1.165, 1.54) is 0 Å². The second kappa shape index (κ2) is 6.96. The van der Waals surface area contributed by atoms with Gasteiger partial charge in [-0.25, -0.2) is 4.98 Å². The highest BCUT2D eigenvalue weighted by atomic mass is 16.5. The standard InChI is InChI=1S/C15H20N4O/c1-11(2)6-16-7-13-8-17-10-15(19-13)20-14-5-4-12(3)18-9-14/h4-5,8-11,16H,6-7H2,1-3H3. The lowest BCUT2D eigenvalue weighted by Crippen LogP contribution is -2.19. The minimum atomic E-state index is 0.486. The first-order chi connectivity index (χ1) is 9.63. The Bertz CT molecular complexity index is 540. The third-order valence-electron chi connectivity index (χ3n) is 2.63. The van der Waals surface area contributed by atoms with Gasteiger partial charge >= 0.3 is 0 Å². The van der Waals surface area contributed by atoms with E-state index in [1.807, 2.05) is 19.1 Å². The van der Waals surface area contributed by atoms with Gasteiger partial charge < -0.3 is 10.1 Å². The van der Waals surface area contributed by atoms with Crippen molar-refractivity contribution in [1.29, 1.82) is 0 Å². The van der Waals surface area contributed by atoms with E-state index >= 15 is 0 Å². The van der Waals surface area contributed by atoms with Gasteiger partial charge in [0.25, 0.3) is 0 Å². The minimum absolute atomic E-state index is 0.486. The van der Waals surface area contributed by atoms with Crippen molar-refractivity contribution in [3.63, 3.8) is 0 Å². The fraction of sp³-hybridized carbons (Fsp3) is 0.400. The smallest absolute Gasteiger partial charge is 0.238 e. The zero-order valence-corrected chi connectivity index (χ0v) is 12.1. The highest BCUT2D eigenvalue weighted by Gasteiger charge is 2.02. The van der Waals surface area contributed by atoms with E-state index in [4.69, 9.17) is 4.74 Å². The van der Waals surface area contributed by atoms with E-state index in [1.54, 1.807) is 18.6 Å². The number of rotatable bonds is 6. The molecule has 0 aliphatic heterocycles. The van der Waals surface area contributed by atoms with E-state index < -0.39 is 0 Å². The van der Waals surface area contributed by atoms with Crippen LogP contribution in [-0.4, -0.2) is 21.5 Å². The van der Waals surface area contributed by atoms with Crippen molar-refractivity contribution >= 4 is 0 Å². The summed E-state index contributed by atoms with van der Waals surface area (Å²) in [6, 6.07) is 3.77. The van der Waals surface area contributed by atoms with Crippen LogP contribution in [0.25, 0.3) is 0 Å². The predicted octanol–water partition coefficient (Wildman–Crippen LogP) is 2.72. The van der Waals surface area contributed by atoms with Gasteiger partial charge in [-0.3, -0.25) is 9.97 Å². The Morgan fingerprint density at radius 1 is 1.20 bits per heavy atom. The van der Waals surface area contributed by atoms with E-state index in [9.17, 15) is 0 Å². The van der Waals surface area contributed by atoms with Crippen LogP contribution >= 0.6 is 0 Å². The number of hydrogen-bond acceptors (Lipinski definition) is 5. The fourth-order valence-corrected chi connectivity index (χ4v) is 1.64. The number of aromatic nitrogens is 3. The average molecular weight is 272 g/mol. The molecule has 0 saturated carbocycles. The molecular formula is C15H20N4O. The van der Waals surface area contributed by atoms with Gasteiger partial charge in [0.1, 0.15) is 5.75 Å². The zero-order valence-electron chi connectivity index (χ0n) is 12.1. The van der Waals surface area contributed by atoms with Gasteiger partial charge in [0.05, 0.1) is 18.1 Å². The van der Waals surface area contributed by atoms with Gasteiger partial charge in [-0.1, -0.05) is 13.8 Å². The van der Waals surface area contributed by atoms with Gasteiger partial charge in [0.2, 0.25) is 5.88 Å². The Hall–Kier alpha value is -2.01. The molecular weight excluding hydrogens is 252 g/mol. The minimum Gasteiger partial charge on any atom is -0.436 e. The van der Waals surface area contributed by atoms with Gasteiger partial charge in [0.15, 0.2) is 0 Å². The predicted molar refractivity (Wildman–Crippen MR) is 77.6 cm³/mol. The van der Waals surface area contributed by atoms with Crippen LogP contribution in [0.2, 0.25) is 0 Å². The van der Waals surface area contributed by atoms with Gasteiger partial charge in [-0.15, -0.1) is 0 Å². The first kappa shape index (κ1) is 14.4. The molecule has 0 spiro atoms. The molecule has 0 amide bonds. The van der Waals surface area contributed by atoms with E-state index in [0.29, 0.717) is 24.1 Å². The summed E-state index contributed by atoms with van der Waals surface area (Å²) >= 11 is 0. The Kier molecular flexibility index (Phi) is 5.01. The zero-order chi connectivity index (χ0) is 14.4. The Labute approximate surface area is 119 Å². The summed E-state index contributed by atoms with van der Waals surface area (Å²) in [5, 5.41) is 3.33. The molecule has 5 nitrogen and oxygen atoms in total. The van der Waals surface area contributed by atoms with Crippen LogP contribution in [-0.2, 0) is 6.54 Å². The summed E-state index contributed by atoms with van der Waals surface area (Å²) in [5.74, 6) is 1.76. The first-order valence-corrected chi connectivity index (χ1v) is 6.75. The van der Waals surface area contributed by atoms with Crippen LogP contribution in [0.5, 0.6) is 11.6 Å². The molecule has 1 N–H and O–H groups in total. The molecule has 0 bridgehead atoms. The maximum Gasteiger partial charge on any atom is 0.238 e. The summed E-state index contributed by atoms with van der Waals surface area (Å²) in [6.45, 7) is 7.92. The molecule has 2 aromatic heterocycles. The third-order valence-corrected chi connectivity index (χ3v) is 2.63. The average Bonchev–Trinajstić information content (AvgIpc) is 2.41. The van der Waals surface area contributed by atoms with Gasteiger partial charge in [0, 0.05) is 18.4 Å². The normalized spacial score (nSPS) is 10.8. The molecule has 2 heterocycles. The van der Waals surface area contributed by atoms with Crippen LogP contribution in [0, 0.1) is 12.8 Å². The van der Waals surface area contributed by atoms with Crippen molar-refractivity contribution < 1.29 is 4.74 Å². The number of pyridine rings is 1. The van der Waals surface area contributed by atoms with E-state index in [2.05, 4.69) is 34.1 Å². The van der Waals surface area contributed by atoms with E-state index in [0.717, 1.165) is 17.9 Å². The number of hydrogen-bond donors (Lipinski definition) is 1. The van der Waals surface area contributed by atoms with Crippen molar-refractivity contribution in [3.05, 3.63) is 42.1 Å². The summed E-state index contributed by atoms with van der Waals surface area (Å²) < 4.78 is 5.64. The molecule has 0 unspecified atom stereocenters. The highest BCUT2D eigenvalue weighted by molar-refractivity contribution is 5.24. The molecule has 0 aliphatic rings. The van der Waals surface area contributed by atoms with Gasteiger partial charge in [-0.05, 0) is 31.5 Å². The fourth-order valence-electron chi connectivity index (χ4n) is 1.64. The summed E-state index contributed by atoms with van der Waals surface area (Å²) in [6.07, 6.45) is 5.03. The molecule has 0 atom stereocenters. The lowest BCUT2D eigenvalue weighted by atomic mass is 10.2. The number of ether oxygens (including phenoxy) is 1. The van der Waals surface area contributed by atoms with Crippen LogP contribution in [0.15, 0.2) is 30.7 Å². The van der Waals surface area contributed by atoms with Gasteiger partial charge in [-0.2, -0.15) is 0 Å². The quantitative estimate of drug-likeness (QED) is 0.876. The lowest BCUT2D eigenvalue weighted by molar-refractivity contribution is 0.453. The summed E-state index contributed by atoms with van der Waals surface area (Å²) in [4.78, 5) is 12.7. The molecule has 106 valence electrons. The Morgan fingerprint density at radius 2 is 2.05 bits per heavy atom. The first-order valence-electron chi connectivity index (χ1n) is 6.75. The summed E-state index contributed by atoms with van der Waals surface area (Å²) in [5.41, 5.74) is 1.82. The molecule has 2 rings (SSSR count). The van der Waals surface area contributed by atoms with Crippen molar-refractivity contribution in [1.82, 2.24) is 20.3 Å². The van der Waals surface area contributed by atoms with Crippen LogP contribution < -0.4 is 10.1 Å². The third kappa shape index (κ3) is 4.59. The Morgan fingerprint density at radius 3 is 2.75 bits per heavy atom. The van der Waals surface area contributed by atoms with Crippen LogP contribution in [0.4, 0.5) is 0 Å². The maximum atomic E-state index is 5.64. The molecule has 0 aromatic carbocycles. The number of aryl methyl sites for hydroxylation is 1. The summed E-state index contributed by atoms with van der Waals surface area (Å²) in [7, 11) is 0. The van der Waals surface area contributed by atoms with E-state index in [-0.39, 0.29) is 0 Å². The Balaban J connectivity index is 1.96. The molecule has 0 radical (unpaired) electrons. The van der Waals surface area contributed by atoms with Crippen LogP contribution in [0.1, 0.15) is 25.2 Å². The maximum absolute atomic E-state index is 5.64. The number of nitrogens with zero attached hydrogens (tertiary/aromatic N) is 3. The molecule has 20 heavy (non-hydrogen) atoms. The number of nitrogens with one attached hydrogen (secondary N) is 1. The topological polar surface area (TPSA) is 59.9 Å². The van der Waals surface area contributed by atoms with Crippen molar-refractivity contribution in [2.75, 3.05) is 6.54 Å². The molecule has 0 saturated heterocycles. The highest BCUT2D eigenvalue weighted by Crippen LogP contribution is 2.17. The monoisotopic (exact) mass is 272 g/mol. The second-order valence-corrected chi connectivity index (χ2v) is 5.11. The van der Waals surface area contributed by atoms with Crippen molar-refractivity contribution in [2.45, 2.75) is 27.3 Å². The molecule has 2 aromatic rings. The lowest BCUT2D eigenvalue weighted by Gasteiger charge is -2.08. The SMILES string of the molecule is Cc1ccc(Oc2cncc(CNCC(C)C)n2)cn1.